The summed E-state index contributed by atoms with van der Waals surface area (Å²) >= 11 is 0. The van der Waals surface area contributed by atoms with Crippen molar-refractivity contribution in [1.82, 2.24) is 24.3 Å². The Labute approximate surface area is 209 Å². The average Bonchev–Trinajstić information content (AvgIpc) is 3.38. The molecular weight excluding hydrogens is 434 g/mol. The van der Waals surface area contributed by atoms with Crippen LogP contribution in [0.4, 0.5) is 0 Å². The molecule has 3 heterocycles. The number of carbonyl (C=O) groups is 1. The van der Waals surface area contributed by atoms with E-state index in [4.69, 9.17) is 0 Å². The van der Waals surface area contributed by atoms with E-state index in [-0.39, 0.29) is 0 Å². The molecule has 1 amide bonds. The third kappa shape index (κ3) is 6.38. The maximum atomic E-state index is 12.9. The van der Waals surface area contributed by atoms with E-state index in [1.54, 1.807) is 0 Å². The highest BCUT2D eigenvalue weighted by Gasteiger charge is 2.25. The number of hydrogen-bond acceptors (Lipinski definition) is 4. The van der Waals surface area contributed by atoms with Gasteiger partial charge in [0.2, 0.25) is 5.91 Å². The van der Waals surface area contributed by atoms with Crippen molar-refractivity contribution < 1.29 is 4.79 Å². The summed E-state index contributed by atoms with van der Waals surface area (Å²) in [6, 6.07) is 21.1. The molecule has 0 saturated carbocycles. The van der Waals surface area contributed by atoms with Gasteiger partial charge in [0.1, 0.15) is 5.82 Å². The number of piperidine rings is 1. The van der Waals surface area contributed by atoms with Gasteiger partial charge < -0.3 is 9.47 Å². The van der Waals surface area contributed by atoms with Crippen molar-refractivity contribution >= 4 is 5.91 Å². The van der Waals surface area contributed by atoms with E-state index in [2.05, 4.69) is 85.0 Å². The molecule has 5 rings (SSSR count). The Morgan fingerprint density at radius 2 is 1.46 bits per heavy atom. The van der Waals surface area contributed by atoms with Crippen LogP contribution in [0, 0.1) is 5.92 Å². The number of piperazine rings is 1. The number of hydrogen-bond donors (Lipinski definition) is 0. The molecule has 1 aromatic heterocycles. The quantitative estimate of drug-likeness (QED) is 0.503. The van der Waals surface area contributed by atoms with Crippen LogP contribution < -0.4 is 0 Å². The Morgan fingerprint density at radius 1 is 0.800 bits per heavy atom. The van der Waals surface area contributed by atoms with E-state index in [1.165, 1.54) is 5.56 Å². The van der Waals surface area contributed by atoms with Gasteiger partial charge in [-0.2, -0.15) is 0 Å². The first-order valence-corrected chi connectivity index (χ1v) is 13.1. The molecule has 3 aromatic rings. The van der Waals surface area contributed by atoms with E-state index in [0.29, 0.717) is 18.4 Å². The highest BCUT2D eigenvalue weighted by molar-refractivity contribution is 5.78. The zero-order valence-electron chi connectivity index (χ0n) is 20.6. The van der Waals surface area contributed by atoms with E-state index in [0.717, 1.165) is 83.0 Å². The molecular formula is C29H37N5O. The number of carbonyl (C=O) groups excluding carboxylic acids is 1. The Kier molecular flexibility index (Phi) is 7.91. The molecule has 2 aliphatic heterocycles. The zero-order valence-corrected chi connectivity index (χ0v) is 20.6. The highest BCUT2D eigenvalue weighted by Crippen LogP contribution is 2.22. The van der Waals surface area contributed by atoms with Gasteiger partial charge in [0.05, 0.1) is 6.54 Å². The maximum absolute atomic E-state index is 12.9. The van der Waals surface area contributed by atoms with Gasteiger partial charge in [-0.25, -0.2) is 4.98 Å². The molecule has 184 valence electrons. The SMILES string of the molecule is O=C(CN1CCN(CCn2ccnc2-c2ccccc2)CC1)N1CCC(Cc2ccccc2)CC1. The average molecular weight is 472 g/mol. The second kappa shape index (κ2) is 11.6. The van der Waals surface area contributed by atoms with Gasteiger partial charge in [-0.1, -0.05) is 60.7 Å². The molecule has 0 atom stereocenters. The van der Waals surface area contributed by atoms with Gasteiger partial charge in [-0.3, -0.25) is 14.6 Å². The van der Waals surface area contributed by atoms with Crippen LogP contribution in [-0.2, 0) is 17.8 Å². The molecule has 2 fully saturated rings. The van der Waals surface area contributed by atoms with Gasteiger partial charge in [0.15, 0.2) is 0 Å². The molecule has 35 heavy (non-hydrogen) atoms. The van der Waals surface area contributed by atoms with Crippen molar-refractivity contribution in [2.75, 3.05) is 52.4 Å². The molecule has 0 radical (unpaired) electrons. The fourth-order valence-corrected chi connectivity index (χ4v) is 5.38. The second-order valence-electron chi connectivity index (χ2n) is 9.94. The lowest BCUT2D eigenvalue weighted by Crippen LogP contribution is -2.51. The van der Waals surface area contributed by atoms with Crippen molar-refractivity contribution in [3.8, 4) is 11.4 Å². The number of likely N-dealkylation sites (tertiary alicyclic amines) is 1. The van der Waals surface area contributed by atoms with Crippen molar-refractivity contribution in [3.63, 3.8) is 0 Å². The third-order valence-corrected chi connectivity index (χ3v) is 7.56. The number of nitrogens with zero attached hydrogens (tertiary/aromatic N) is 5. The lowest BCUT2D eigenvalue weighted by Gasteiger charge is -2.37. The number of rotatable bonds is 8. The summed E-state index contributed by atoms with van der Waals surface area (Å²) in [4.78, 5) is 24.4. The summed E-state index contributed by atoms with van der Waals surface area (Å²) in [5.74, 6) is 2.03. The summed E-state index contributed by atoms with van der Waals surface area (Å²) in [5.41, 5.74) is 2.57. The highest BCUT2D eigenvalue weighted by atomic mass is 16.2. The van der Waals surface area contributed by atoms with Gasteiger partial charge in [-0.15, -0.1) is 0 Å². The van der Waals surface area contributed by atoms with Crippen LogP contribution in [0.1, 0.15) is 18.4 Å². The predicted octanol–water partition coefficient (Wildman–Crippen LogP) is 3.65. The molecule has 0 bridgehead atoms. The third-order valence-electron chi connectivity index (χ3n) is 7.56. The standard InChI is InChI=1S/C29H37N5O/c35-28(33-14-11-26(12-15-33)23-25-7-3-1-4-8-25)24-32-19-17-31(18-20-32)21-22-34-16-13-30-29(34)27-9-5-2-6-10-27/h1-10,13,16,26H,11-12,14-15,17-24H2. The van der Waals surface area contributed by atoms with Crippen LogP contribution in [0.25, 0.3) is 11.4 Å². The molecule has 0 spiro atoms. The minimum Gasteiger partial charge on any atom is -0.342 e. The van der Waals surface area contributed by atoms with Crippen LogP contribution in [0.15, 0.2) is 73.1 Å². The Bertz CT molecular complexity index is 1050. The zero-order chi connectivity index (χ0) is 23.9. The summed E-state index contributed by atoms with van der Waals surface area (Å²) in [6.45, 7) is 8.28. The summed E-state index contributed by atoms with van der Waals surface area (Å²) < 4.78 is 2.24. The minimum atomic E-state index is 0.308. The number of benzene rings is 2. The summed E-state index contributed by atoms with van der Waals surface area (Å²) in [5, 5.41) is 0. The molecule has 2 aromatic carbocycles. The molecule has 6 heteroatoms. The number of amides is 1. The first-order chi connectivity index (χ1) is 17.2. The van der Waals surface area contributed by atoms with Crippen LogP contribution in [0.5, 0.6) is 0 Å². The van der Waals surface area contributed by atoms with Gasteiger partial charge in [0.25, 0.3) is 0 Å². The van der Waals surface area contributed by atoms with Crippen molar-refractivity contribution in [2.24, 2.45) is 5.92 Å². The normalized spacial score (nSPS) is 18.1. The molecule has 0 aliphatic carbocycles. The minimum absolute atomic E-state index is 0.308. The lowest BCUT2D eigenvalue weighted by molar-refractivity contribution is -0.134. The first-order valence-electron chi connectivity index (χ1n) is 13.1. The molecule has 0 unspecified atom stereocenters. The number of aromatic nitrogens is 2. The van der Waals surface area contributed by atoms with E-state index in [1.807, 2.05) is 12.3 Å². The monoisotopic (exact) mass is 471 g/mol. The van der Waals surface area contributed by atoms with Gasteiger partial charge in [0, 0.05) is 70.3 Å². The van der Waals surface area contributed by atoms with Gasteiger partial charge in [-0.05, 0) is 30.7 Å². The lowest BCUT2D eigenvalue weighted by atomic mass is 9.90. The van der Waals surface area contributed by atoms with E-state index < -0.39 is 0 Å². The van der Waals surface area contributed by atoms with Crippen LogP contribution in [0.3, 0.4) is 0 Å². The summed E-state index contributed by atoms with van der Waals surface area (Å²) in [6.07, 6.45) is 7.33. The van der Waals surface area contributed by atoms with Gasteiger partial charge >= 0.3 is 0 Å². The van der Waals surface area contributed by atoms with Crippen LogP contribution in [-0.4, -0.2) is 82.5 Å². The fourth-order valence-electron chi connectivity index (χ4n) is 5.38. The maximum Gasteiger partial charge on any atom is 0.236 e. The molecule has 2 aliphatic rings. The Hall–Kier alpha value is -2.96. The molecule has 2 saturated heterocycles. The predicted molar refractivity (Wildman–Crippen MR) is 140 cm³/mol. The van der Waals surface area contributed by atoms with Crippen molar-refractivity contribution in [2.45, 2.75) is 25.8 Å². The van der Waals surface area contributed by atoms with Crippen molar-refractivity contribution in [1.29, 1.82) is 0 Å². The largest absolute Gasteiger partial charge is 0.342 e. The van der Waals surface area contributed by atoms with Crippen LogP contribution >= 0.6 is 0 Å². The van der Waals surface area contributed by atoms with E-state index >= 15 is 0 Å². The summed E-state index contributed by atoms with van der Waals surface area (Å²) in [7, 11) is 0. The molecule has 6 nitrogen and oxygen atoms in total. The van der Waals surface area contributed by atoms with Crippen LogP contribution in [0.2, 0.25) is 0 Å². The van der Waals surface area contributed by atoms with E-state index in [9.17, 15) is 4.79 Å². The van der Waals surface area contributed by atoms with Crippen molar-refractivity contribution in [3.05, 3.63) is 78.6 Å². The second-order valence-corrected chi connectivity index (χ2v) is 9.94. The number of imidazole rings is 1. The first kappa shape index (κ1) is 23.8. The smallest absolute Gasteiger partial charge is 0.236 e. The Morgan fingerprint density at radius 3 is 2.17 bits per heavy atom. The topological polar surface area (TPSA) is 44.6 Å². The fraction of sp³-hybridized carbons (Fsp3) is 0.448. The molecule has 0 N–H and O–H groups in total. The Balaban J connectivity index is 1.02.